The van der Waals surface area contributed by atoms with Crippen molar-refractivity contribution >= 4 is 0 Å². The summed E-state index contributed by atoms with van der Waals surface area (Å²) in [5, 5.41) is 21.3. The molecule has 1 aliphatic heterocycles. The van der Waals surface area contributed by atoms with Crippen molar-refractivity contribution in [3.8, 4) is 0 Å². The van der Waals surface area contributed by atoms with Crippen LogP contribution in [0.25, 0.3) is 0 Å². The molecule has 2 aliphatic rings. The number of rotatable bonds is 3. The summed E-state index contributed by atoms with van der Waals surface area (Å²) in [6.45, 7) is 4.33. The van der Waals surface area contributed by atoms with Gasteiger partial charge >= 0.3 is 0 Å². The van der Waals surface area contributed by atoms with Gasteiger partial charge in [-0.05, 0) is 80.0 Å². The molecule has 1 aliphatic carbocycles. The quantitative estimate of drug-likeness (QED) is 0.797. The average molecular weight is 384 g/mol. The van der Waals surface area contributed by atoms with Crippen LogP contribution in [0.5, 0.6) is 0 Å². The topological polar surface area (TPSA) is 56.6 Å². The average Bonchev–Trinajstić information content (AvgIpc) is 2.83. The lowest BCUT2D eigenvalue weighted by atomic mass is 9.84. The fourth-order valence-corrected chi connectivity index (χ4v) is 4.93. The fourth-order valence-electron chi connectivity index (χ4n) is 4.93. The van der Waals surface area contributed by atoms with Gasteiger partial charge in [-0.25, -0.2) is 4.39 Å². The van der Waals surface area contributed by atoms with Crippen LogP contribution in [0.1, 0.15) is 53.7 Å². The van der Waals surface area contributed by atoms with Crippen LogP contribution in [-0.2, 0) is 6.42 Å². The van der Waals surface area contributed by atoms with Crippen LogP contribution in [0.3, 0.4) is 0 Å². The number of likely N-dealkylation sites (tertiary alicyclic amines) is 1. The van der Waals surface area contributed by atoms with Crippen molar-refractivity contribution in [2.75, 3.05) is 19.6 Å². The highest BCUT2D eigenvalue weighted by Crippen LogP contribution is 2.34. The van der Waals surface area contributed by atoms with E-state index in [1.165, 1.54) is 6.07 Å². The summed E-state index contributed by atoms with van der Waals surface area (Å²) >= 11 is 0. The normalized spacial score (nSPS) is 28.6. The maximum atomic E-state index is 13.7. The molecule has 4 rings (SSSR count). The van der Waals surface area contributed by atoms with E-state index in [-0.39, 0.29) is 11.7 Å². The minimum atomic E-state index is -0.513. The van der Waals surface area contributed by atoms with Crippen molar-refractivity contribution in [3.63, 3.8) is 0 Å². The Kier molecular flexibility index (Phi) is 5.76. The highest BCUT2D eigenvalue weighted by molar-refractivity contribution is 5.31. The smallest absolute Gasteiger partial charge is 0.123 e. The lowest BCUT2D eigenvalue weighted by molar-refractivity contribution is 0.0371. The van der Waals surface area contributed by atoms with Crippen molar-refractivity contribution in [3.05, 3.63) is 64.7 Å². The number of benzene rings is 1. The van der Waals surface area contributed by atoms with Gasteiger partial charge in [0.15, 0.2) is 0 Å². The Morgan fingerprint density at radius 1 is 1.21 bits per heavy atom. The van der Waals surface area contributed by atoms with E-state index in [1.54, 1.807) is 18.3 Å². The number of aromatic nitrogens is 1. The Bertz CT molecular complexity index is 828. The van der Waals surface area contributed by atoms with E-state index < -0.39 is 12.2 Å². The first kappa shape index (κ1) is 19.5. The standard InChI is InChI=1S/C23H29FN2O2/c1-15-4-7-18(24)12-20(15)19-8-10-26(14-22(19)28)13-16-5-6-17-3-2-9-25-23(17)21(27)11-16/h2-4,7,9,12,16,19,21-22,27-28H,5-6,8,10-11,13-14H2,1H3/t16-,19-,21+,22+/m1/s1. The van der Waals surface area contributed by atoms with Crippen molar-refractivity contribution in [2.45, 2.75) is 50.7 Å². The summed E-state index contributed by atoms with van der Waals surface area (Å²) < 4.78 is 13.7. The Morgan fingerprint density at radius 2 is 2.07 bits per heavy atom. The summed E-state index contributed by atoms with van der Waals surface area (Å²) in [6, 6.07) is 8.84. The van der Waals surface area contributed by atoms with E-state index in [9.17, 15) is 14.6 Å². The number of nitrogens with zero attached hydrogens (tertiary/aromatic N) is 2. The van der Waals surface area contributed by atoms with Gasteiger partial charge in [-0.3, -0.25) is 4.98 Å². The number of β-amino-alcohol motifs (C(OH)–C–C–N with tert-alkyl or cyclic N) is 1. The van der Waals surface area contributed by atoms with Gasteiger partial charge in [0.2, 0.25) is 0 Å². The molecule has 0 saturated carbocycles. The van der Waals surface area contributed by atoms with Gasteiger partial charge in [0.05, 0.1) is 17.9 Å². The van der Waals surface area contributed by atoms with Gasteiger partial charge in [-0.15, -0.1) is 0 Å². The molecule has 2 N–H and O–H groups in total. The van der Waals surface area contributed by atoms with Gasteiger partial charge in [0.25, 0.3) is 0 Å². The number of pyridine rings is 1. The van der Waals surface area contributed by atoms with Crippen LogP contribution in [0, 0.1) is 18.7 Å². The van der Waals surface area contributed by atoms with E-state index in [0.29, 0.717) is 18.9 Å². The van der Waals surface area contributed by atoms with E-state index in [1.807, 2.05) is 13.0 Å². The Balaban J connectivity index is 1.38. The molecule has 0 amide bonds. The zero-order chi connectivity index (χ0) is 19.7. The second kappa shape index (κ2) is 8.27. The van der Waals surface area contributed by atoms with Gasteiger partial charge < -0.3 is 15.1 Å². The van der Waals surface area contributed by atoms with Gasteiger partial charge in [-0.2, -0.15) is 0 Å². The summed E-state index contributed by atoms with van der Waals surface area (Å²) in [4.78, 5) is 6.68. The largest absolute Gasteiger partial charge is 0.391 e. The molecule has 1 fully saturated rings. The van der Waals surface area contributed by atoms with Gasteiger partial charge in [0, 0.05) is 25.2 Å². The third kappa shape index (κ3) is 4.12. The van der Waals surface area contributed by atoms with E-state index in [0.717, 1.165) is 54.7 Å². The van der Waals surface area contributed by atoms with Crippen LogP contribution in [0.15, 0.2) is 36.5 Å². The molecular weight excluding hydrogens is 355 g/mol. The lowest BCUT2D eigenvalue weighted by Gasteiger charge is -2.38. The second-order valence-electron chi connectivity index (χ2n) is 8.43. The summed E-state index contributed by atoms with van der Waals surface area (Å²) in [7, 11) is 0. The third-order valence-electron chi connectivity index (χ3n) is 6.44. The minimum absolute atomic E-state index is 0.0138. The molecule has 0 spiro atoms. The van der Waals surface area contributed by atoms with Gasteiger partial charge in [0.1, 0.15) is 5.82 Å². The second-order valence-corrected chi connectivity index (χ2v) is 8.43. The SMILES string of the molecule is Cc1ccc(F)cc1[C@H]1CCN(C[C@@H]2CCc3cccnc3[C@@H](O)C2)C[C@@H]1O. The summed E-state index contributed by atoms with van der Waals surface area (Å²) in [5.74, 6) is 0.125. The molecule has 0 radical (unpaired) electrons. The van der Waals surface area contributed by atoms with E-state index >= 15 is 0 Å². The van der Waals surface area contributed by atoms with Gasteiger partial charge in [-0.1, -0.05) is 12.1 Å². The molecule has 4 atom stereocenters. The first-order chi connectivity index (χ1) is 13.5. The number of hydrogen-bond donors (Lipinski definition) is 2. The maximum Gasteiger partial charge on any atom is 0.123 e. The zero-order valence-electron chi connectivity index (χ0n) is 16.4. The van der Waals surface area contributed by atoms with Crippen molar-refractivity contribution < 1.29 is 14.6 Å². The highest BCUT2D eigenvalue weighted by Gasteiger charge is 2.32. The Morgan fingerprint density at radius 3 is 2.89 bits per heavy atom. The van der Waals surface area contributed by atoms with Crippen molar-refractivity contribution in [1.29, 1.82) is 0 Å². The third-order valence-corrected chi connectivity index (χ3v) is 6.44. The number of aryl methyl sites for hydroxylation is 2. The van der Waals surface area contributed by atoms with Crippen molar-refractivity contribution in [1.82, 2.24) is 9.88 Å². The summed E-state index contributed by atoms with van der Waals surface area (Å²) in [5.41, 5.74) is 3.94. The maximum absolute atomic E-state index is 13.7. The van der Waals surface area contributed by atoms with Crippen LogP contribution in [-0.4, -0.2) is 45.8 Å². The first-order valence-corrected chi connectivity index (χ1v) is 10.3. The summed E-state index contributed by atoms with van der Waals surface area (Å²) in [6.07, 6.45) is 4.23. The van der Waals surface area contributed by atoms with E-state index in [4.69, 9.17) is 0 Å². The Hall–Kier alpha value is -1.82. The van der Waals surface area contributed by atoms with Crippen molar-refractivity contribution in [2.24, 2.45) is 5.92 Å². The number of aliphatic hydroxyl groups excluding tert-OH is 2. The monoisotopic (exact) mass is 384 g/mol. The number of aliphatic hydroxyl groups is 2. The minimum Gasteiger partial charge on any atom is -0.391 e. The molecule has 2 heterocycles. The van der Waals surface area contributed by atoms with Crippen LogP contribution < -0.4 is 0 Å². The van der Waals surface area contributed by atoms with Crippen LogP contribution in [0.2, 0.25) is 0 Å². The molecule has 0 bridgehead atoms. The lowest BCUT2D eigenvalue weighted by Crippen LogP contribution is -2.45. The van der Waals surface area contributed by atoms with Crippen LogP contribution >= 0.6 is 0 Å². The predicted molar refractivity (Wildman–Crippen MR) is 107 cm³/mol. The Labute approximate surface area is 166 Å². The molecule has 4 nitrogen and oxygen atoms in total. The molecule has 150 valence electrons. The van der Waals surface area contributed by atoms with E-state index in [2.05, 4.69) is 16.0 Å². The highest BCUT2D eigenvalue weighted by atomic mass is 19.1. The molecular formula is C23H29FN2O2. The molecule has 1 saturated heterocycles. The molecule has 0 unspecified atom stereocenters. The number of halogens is 1. The fraction of sp³-hybridized carbons (Fsp3) is 0.522. The molecule has 1 aromatic carbocycles. The number of fused-ring (bicyclic) bond motifs is 1. The molecule has 1 aromatic heterocycles. The van der Waals surface area contributed by atoms with Crippen LogP contribution in [0.4, 0.5) is 4.39 Å². The zero-order valence-corrected chi connectivity index (χ0v) is 16.4. The number of piperidine rings is 1. The number of hydrogen-bond acceptors (Lipinski definition) is 4. The molecule has 5 heteroatoms. The first-order valence-electron chi connectivity index (χ1n) is 10.3. The predicted octanol–water partition coefficient (Wildman–Crippen LogP) is 3.37. The molecule has 28 heavy (non-hydrogen) atoms. The molecule has 2 aromatic rings.